The molecule has 0 aromatic carbocycles. The molecule has 0 saturated heterocycles. The van der Waals surface area contributed by atoms with Gasteiger partial charge in [0.2, 0.25) is 8.32 Å². The fourth-order valence-corrected chi connectivity index (χ4v) is 0.562. The van der Waals surface area contributed by atoms with Gasteiger partial charge in [0.25, 0.3) is 0 Å². The molecule has 0 aliphatic heterocycles. The highest BCUT2D eigenvalue weighted by Gasteiger charge is 2.20. The molecule has 9 heavy (non-hydrogen) atoms. The van der Waals surface area contributed by atoms with Gasteiger partial charge in [-0.1, -0.05) is 0 Å². The van der Waals surface area contributed by atoms with E-state index >= 15 is 0 Å². The van der Waals surface area contributed by atoms with Crippen molar-refractivity contribution in [2.75, 3.05) is 0 Å². The van der Waals surface area contributed by atoms with Gasteiger partial charge in [0.15, 0.2) is 0 Å². The van der Waals surface area contributed by atoms with Gasteiger partial charge in [0.1, 0.15) is 0 Å². The Balaban J connectivity index is 3.28. The molecule has 0 bridgehead atoms. The van der Waals surface area contributed by atoms with Crippen LogP contribution in [0, 0.1) is 0 Å². The van der Waals surface area contributed by atoms with E-state index < -0.39 is 15.6 Å². The lowest BCUT2D eigenvalue weighted by atomic mass is 10.3. The van der Waals surface area contributed by atoms with Crippen molar-refractivity contribution in [1.29, 1.82) is 0 Å². The molecule has 0 radical (unpaired) electrons. The van der Waals surface area contributed by atoms with Gasteiger partial charge in [-0.25, -0.2) is 4.81 Å². The Morgan fingerprint density at radius 3 is 1.78 bits per heavy atom. The van der Waals surface area contributed by atoms with Crippen LogP contribution in [0.15, 0.2) is 0 Å². The van der Waals surface area contributed by atoms with Crippen molar-refractivity contribution in [3.63, 3.8) is 0 Å². The second kappa shape index (κ2) is 3.33. The fraction of sp³-hybridized carbons (Fsp3) is 1.00. The molecule has 0 spiro atoms. The van der Waals surface area contributed by atoms with E-state index in [-0.39, 0.29) is 0 Å². The van der Waals surface area contributed by atoms with Crippen molar-refractivity contribution in [3.8, 4) is 0 Å². The number of hydrogen-bond donors (Lipinski definition) is 2. The van der Waals surface area contributed by atoms with Crippen molar-refractivity contribution in [2.45, 2.75) is 19.6 Å². The van der Waals surface area contributed by atoms with Crippen LogP contribution in [-0.4, -0.2) is 25.7 Å². The Bertz CT molecular complexity index is 80.4. The molecule has 0 aromatic rings. The minimum Gasteiger partial charge on any atom is -0.400 e. The molecule has 0 aromatic heterocycles. The van der Waals surface area contributed by atoms with Gasteiger partial charge >= 0.3 is 7.32 Å². The van der Waals surface area contributed by atoms with Crippen LogP contribution in [0.4, 0.5) is 0 Å². The van der Waals surface area contributed by atoms with Crippen molar-refractivity contribution >= 4 is 15.6 Å². The summed E-state index contributed by atoms with van der Waals surface area (Å²) < 4.78 is 4.63. The monoisotopic (exact) mass is 150 g/mol. The summed E-state index contributed by atoms with van der Waals surface area (Å²) in [6.07, 6.45) is 0. The molecule has 0 amide bonds. The smallest absolute Gasteiger partial charge is 0.400 e. The summed E-state index contributed by atoms with van der Waals surface area (Å²) in [4.78, 5) is 4.08. The molecular weight excluding hydrogens is 139 g/mol. The van der Waals surface area contributed by atoms with Crippen LogP contribution in [0.2, 0.25) is 19.6 Å². The SMILES string of the molecule is C[Si](C)(C)OOB(O)O. The van der Waals surface area contributed by atoms with Crippen LogP contribution in [0.1, 0.15) is 0 Å². The van der Waals surface area contributed by atoms with Crippen LogP contribution >= 0.6 is 0 Å². The third-order valence-corrected chi connectivity index (χ3v) is 0.980. The van der Waals surface area contributed by atoms with Crippen molar-refractivity contribution < 1.29 is 19.4 Å². The van der Waals surface area contributed by atoms with Gasteiger partial charge in [0, 0.05) is 0 Å². The molecule has 0 fully saturated rings. The lowest BCUT2D eigenvalue weighted by Gasteiger charge is -2.14. The number of rotatable bonds is 3. The summed E-state index contributed by atoms with van der Waals surface area (Å²) in [5.41, 5.74) is 0. The second-order valence-corrected chi connectivity index (χ2v) is 7.01. The molecule has 0 aliphatic carbocycles. The summed E-state index contributed by atoms with van der Waals surface area (Å²) in [5, 5.41) is 16.3. The van der Waals surface area contributed by atoms with Crippen LogP contribution < -0.4 is 0 Å². The second-order valence-electron chi connectivity index (χ2n) is 2.62. The first-order valence-corrected chi connectivity index (χ1v) is 6.03. The molecule has 0 atom stereocenters. The first-order chi connectivity index (χ1) is 3.92. The number of hydrogen-bond acceptors (Lipinski definition) is 4. The van der Waals surface area contributed by atoms with Crippen LogP contribution in [0.25, 0.3) is 0 Å². The minimum atomic E-state index is -1.82. The largest absolute Gasteiger partial charge is 0.661 e. The average Bonchev–Trinajstić information content (AvgIpc) is 1.59. The van der Waals surface area contributed by atoms with Crippen molar-refractivity contribution in [3.05, 3.63) is 0 Å². The highest BCUT2D eigenvalue weighted by molar-refractivity contribution is 6.69. The molecule has 0 unspecified atom stereocenters. The lowest BCUT2D eigenvalue weighted by Crippen LogP contribution is -2.30. The molecular formula is C3H11BO4Si. The normalized spacial score (nSPS) is 11.7. The van der Waals surface area contributed by atoms with Gasteiger partial charge in [-0.05, 0) is 19.6 Å². The van der Waals surface area contributed by atoms with E-state index in [1.165, 1.54) is 0 Å². The molecule has 54 valence electrons. The first kappa shape index (κ1) is 9.12. The molecule has 0 aliphatic rings. The molecule has 0 heterocycles. The Kier molecular flexibility index (Phi) is 3.38. The third kappa shape index (κ3) is 8.12. The van der Waals surface area contributed by atoms with Gasteiger partial charge in [-0.15, -0.1) is 0 Å². The maximum Gasteiger partial charge on any atom is 0.661 e. The Hall–Kier alpha value is 0.122. The molecule has 0 saturated carbocycles. The standard InChI is InChI=1S/C3H11BO4Si/c1-9(2,3)8-7-4(5)6/h5-6H,1-3H3. The van der Waals surface area contributed by atoms with E-state index in [4.69, 9.17) is 10.0 Å². The minimum absolute atomic E-state index is 1.76. The predicted molar refractivity (Wildman–Crippen MR) is 35.7 cm³/mol. The van der Waals surface area contributed by atoms with E-state index in [1.807, 2.05) is 19.6 Å². The topological polar surface area (TPSA) is 58.9 Å². The highest BCUT2D eigenvalue weighted by atomic mass is 28.4. The highest BCUT2D eigenvalue weighted by Crippen LogP contribution is 2.02. The van der Waals surface area contributed by atoms with Gasteiger partial charge in [0.05, 0.1) is 0 Å². The first-order valence-electron chi connectivity index (χ1n) is 2.62. The van der Waals surface area contributed by atoms with Crippen LogP contribution in [0.3, 0.4) is 0 Å². The molecule has 6 heteroatoms. The summed E-state index contributed by atoms with van der Waals surface area (Å²) >= 11 is 0. The fourth-order valence-electron chi connectivity index (χ4n) is 0.187. The van der Waals surface area contributed by atoms with E-state index in [0.717, 1.165) is 0 Å². The lowest BCUT2D eigenvalue weighted by molar-refractivity contribution is -0.148. The maximum atomic E-state index is 8.15. The summed E-state index contributed by atoms with van der Waals surface area (Å²) in [6.45, 7) is 5.61. The zero-order chi connectivity index (χ0) is 7.49. The van der Waals surface area contributed by atoms with E-state index in [9.17, 15) is 0 Å². The average molecular weight is 150 g/mol. The maximum absolute atomic E-state index is 8.15. The van der Waals surface area contributed by atoms with Crippen LogP contribution in [-0.2, 0) is 9.38 Å². The zero-order valence-electron chi connectivity index (χ0n) is 5.79. The van der Waals surface area contributed by atoms with Gasteiger partial charge in [-0.2, -0.15) is 0 Å². The summed E-state index contributed by atoms with van der Waals surface area (Å²) in [7, 11) is -3.58. The van der Waals surface area contributed by atoms with Crippen molar-refractivity contribution in [2.24, 2.45) is 0 Å². The third-order valence-electron chi connectivity index (χ3n) is 0.384. The quantitative estimate of drug-likeness (QED) is 0.330. The van der Waals surface area contributed by atoms with Gasteiger partial charge < -0.3 is 10.0 Å². The van der Waals surface area contributed by atoms with E-state index in [1.54, 1.807) is 0 Å². The molecule has 0 rings (SSSR count). The Morgan fingerprint density at radius 2 is 1.67 bits per heavy atom. The summed E-state index contributed by atoms with van der Waals surface area (Å²) in [6, 6.07) is 0. The van der Waals surface area contributed by atoms with Crippen LogP contribution in [0.5, 0.6) is 0 Å². The van der Waals surface area contributed by atoms with E-state index in [0.29, 0.717) is 0 Å². The van der Waals surface area contributed by atoms with Crippen molar-refractivity contribution in [1.82, 2.24) is 0 Å². The molecule has 4 nitrogen and oxygen atoms in total. The molecule has 2 N–H and O–H groups in total. The van der Waals surface area contributed by atoms with Gasteiger partial charge in [-0.3, -0.25) is 4.58 Å². The van der Waals surface area contributed by atoms with E-state index in [2.05, 4.69) is 9.38 Å². The Labute approximate surface area is 55.6 Å². The Morgan fingerprint density at radius 1 is 1.22 bits per heavy atom. The predicted octanol–water partition coefficient (Wildman–Crippen LogP) is -0.261. The summed E-state index contributed by atoms with van der Waals surface area (Å²) in [5.74, 6) is 0. The zero-order valence-corrected chi connectivity index (χ0v) is 6.79.